The lowest BCUT2D eigenvalue weighted by atomic mass is 10.1. The van der Waals surface area contributed by atoms with Crippen LogP contribution >= 0.6 is 33.9 Å². The quantitative estimate of drug-likeness (QED) is 0.782. The Kier molecular flexibility index (Phi) is 3.63. The minimum atomic E-state index is 0.627. The standard InChI is InChI=1S/C10H14INS/c11-10-6-8(7-13-10)9-4-2-1-3-5-12-9/h6-7,9,12H,1-5H2. The van der Waals surface area contributed by atoms with Gasteiger partial charge < -0.3 is 5.32 Å². The van der Waals surface area contributed by atoms with Gasteiger partial charge in [0.2, 0.25) is 0 Å². The molecule has 2 rings (SSSR count). The molecule has 1 saturated heterocycles. The van der Waals surface area contributed by atoms with Crippen molar-refractivity contribution in [3.8, 4) is 0 Å². The molecule has 0 bridgehead atoms. The molecule has 13 heavy (non-hydrogen) atoms. The predicted molar refractivity (Wildman–Crippen MR) is 66.2 cm³/mol. The lowest BCUT2D eigenvalue weighted by Crippen LogP contribution is -2.19. The van der Waals surface area contributed by atoms with Gasteiger partial charge in [-0.05, 0) is 59.0 Å². The first-order valence-electron chi connectivity index (χ1n) is 4.83. The highest BCUT2D eigenvalue weighted by Gasteiger charge is 2.14. The second-order valence-corrected chi connectivity index (χ2v) is 6.35. The third kappa shape index (κ3) is 2.67. The summed E-state index contributed by atoms with van der Waals surface area (Å²) in [6.07, 6.45) is 5.43. The van der Waals surface area contributed by atoms with Gasteiger partial charge in [0.25, 0.3) is 0 Å². The van der Waals surface area contributed by atoms with E-state index >= 15 is 0 Å². The minimum Gasteiger partial charge on any atom is -0.310 e. The molecule has 1 aromatic heterocycles. The van der Waals surface area contributed by atoms with Crippen molar-refractivity contribution in [3.05, 3.63) is 19.9 Å². The van der Waals surface area contributed by atoms with Gasteiger partial charge in [-0.25, -0.2) is 0 Å². The summed E-state index contributed by atoms with van der Waals surface area (Å²) in [5, 5.41) is 5.91. The Morgan fingerprint density at radius 1 is 1.38 bits per heavy atom. The van der Waals surface area contributed by atoms with Crippen molar-refractivity contribution in [1.82, 2.24) is 5.32 Å². The molecule has 0 aromatic carbocycles. The van der Waals surface area contributed by atoms with Gasteiger partial charge in [-0.2, -0.15) is 0 Å². The Balaban J connectivity index is 2.06. The van der Waals surface area contributed by atoms with E-state index < -0.39 is 0 Å². The monoisotopic (exact) mass is 307 g/mol. The maximum atomic E-state index is 3.61. The van der Waals surface area contributed by atoms with Crippen molar-refractivity contribution in [2.24, 2.45) is 0 Å². The van der Waals surface area contributed by atoms with E-state index in [2.05, 4.69) is 39.4 Å². The Labute approximate surface area is 97.1 Å². The van der Waals surface area contributed by atoms with Crippen LogP contribution in [0.25, 0.3) is 0 Å². The summed E-state index contributed by atoms with van der Waals surface area (Å²) in [6.45, 7) is 1.19. The van der Waals surface area contributed by atoms with Crippen LogP contribution in [-0.4, -0.2) is 6.54 Å². The Hall–Kier alpha value is 0.390. The van der Waals surface area contributed by atoms with Gasteiger partial charge in [0.1, 0.15) is 0 Å². The molecule has 0 saturated carbocycles. The largest absolute Gasteiger partial charge is 0.310 e. The molecule has 1 atom stereocenters. The molecular weight excluding hydrogens is 293 g/mol. The Bertz CT molecular complexity index is 264. The third-order valence-corrected chi connectivity index (χ3v) is 4.36. The molecule has 1 aliphatic heterocycles. The fourth-order valence-electron chi connectivity index (χ4n) is 1.82. The maximum Gasteiger partial charge on any atom is 0.0656 e. The molecule has 0 spiro atoms. The number of rotatable bonds is 1. The van der Waals surface area contributed by atoms with Crippen LogP contribution in [-0.2, 0) is 0 Å². The van der Waals surface area contributed by atoms with Crippen molar-refractivity contribution in [2.75, 3.05) is 6.54 Å². The number of nitrogens with one attached hydrogen (secondary N) is 1. The first kappa shape index (κ1) is 9.93. The summed E-state index contributed by atoms with van der Waals surface area (Å²) in [5.74, 6) is 0. The highest BCUT2D eigenvalue weighted by Crippen LogP contribution is 2.27. The van der Waals surface area contributed by atoms with Gasteiger partial charge in [-0.1, -0.05) is 12.8 Å². The Morgan fingerprint density at radius 3 is 3.08 bits per heavy atom. The predicted octanol–water partition coefficient (Wildman–Crippen LogP) is 3.56. The molecule has 1 unspecified atom stereocenters. The van der Waals surface area contributed by atoms with Gasteiger partial charge in [-0.3, -0.25) is 0 Å². The Morgan fingerprint density at radius 2 is 2.31 bits per heavy atom. The molecule has 1 aliphatic rings. The zero-order chi connectivity index (χ0) is 9.10. The molecule has 0 aliphatic carbocycles. The lowest BCUT2D eigenvalue weighted by molar-refractivity contribution is 0.536. The van der Waals surface area contributed by atoms with Crippen LogP contribution in [0.2, 0.25) is 0 Å². The second kappa shape index (κ2) is 4.75. The van der Waals surface area contributed by atoms with Crippen LogP contribution < -0.4 is 5.32 Å². The fraction of sp³-hybridized carbons (Fsp3) is 0.600. The van der Waals surface area contributed by atoms with E-state index in [9.17, 15) is 0 Å². The van der Waals surface area contributed by atoms with Crippen LogP contribution in [0.5, 0.6) is 0 Å². The van der Waals surface area contributed by atoms with Gasteiger partial charge >= 0.3 is 0 Å². The summed E-state index contributed by atoms with van der Waals surface area (Å²) in [6, 6.07) is 2.94. The van der Waals surface area contributed by atoms with Crippen molar-refractivity contribution < 1.29 is 0 Å². The SMILES string of the molecule is Ic1cc(C2CCCCCN2)cs1. The van der Waals surface area contributed by atoms with E-state index in [4.69, 9.17) is 0 Å². The topological polar surface area (TPSA) is 12.0 Å². The summed E-state index contributed by atoms with van der Waals surface area (Å²) in [5.41, 5.74) is 1.50. The van der Waals surface area contributed by atoms with Crippen LogP contribution in [0.3, 0.4) is 0 Å². The smallest absolute Gasteiger partial charge is 0.0656 e. The number of hydrogen-bond acceptors (Lipinski definition) is 2. The van der Waals surface area contributed by atoms with Crippen LogP contribution in [0, 0.1) is 2.88 Å². The fourth-order valence-corrected chi connectivity index (χ4v) is 3.25. The minimum absolute atomic E-state index is 0.627. The van der Waals surface area contributed by atoms with E-state index in [1.54, 1.807) is 0 Å². The maximum absolute atomic E-state index is 3.61. The van der Waals surface area contributed by atoms with Crippen molar-refractivity contribution in [3.63, 3.8) is 0 Å². The van der Waals surface area contributed by atoms with E-state index in [-0.39, 0.29) is 0 Å². The first-order chi connectivity index (χ1) is 6.36. The van der Waals surface area contributed by atoms with Crippen LogP contribution in [0.15, 0.2) is 11.4 Å². The third-order valence-electron chi connectivity index (χ3n) is 2.55. The van der Waals surface area contributed by atoms with Gasteiger partial charge in [0.05, 0.1) is 2.88 Å². The van der Waals surface area contributed by atoms with E-state index in [1.807, 2.05) is 11.3 Å². The zero-order valence-electron chi connectivity index (χ0n) is 7.55. The highest BCUT2D eigenvalue weighted by atomic mass is 127. The number of thiophene rings is 1. The molecule has 3 heteroatoms. The number of hydrogen-bond donors (Lipinski definition) is 1. The van der Waals surface area contributed by atoms with Crippen LogP contribution in [0.1, 0.15) is 37.3 Å². The van der Waals surface area contributed by atoms with Crippen molar-refractivity contribution in [1.29, 1.82) is 0 Å². The molecule has 0 amide bonds. The van der Waals surface area contributed by atoms with Gasteiger partial charge in [-0.15, -0.1) is 11.3 Å². The second-order valence-electron chi connectivity index (χ2n) is 3.54. The summed E-state index contributed by atoms with van der Waals surface area (Å²) in [7, 11) is 0. The van der Waals surface area contributed by atoms with E-state index in [0.717, 1.165) is 0 Å². The summed E-state index contributed by atoms with van der Waals surface area (Å²) < 4.78 is 1.40. The molecule has 1 N–H and O–H groups in total. The summed E-state index contributed by atoms with van der Waals surface area (Å²) >= 11 is 4.25. The van der Waals surface area contributed by atoms with Crippen molar-refractivity contribution >= 4 is 33.9 Å². The highest BCUT2D eigenvalue weighted by molar-refractivity contribution is 14.1. The summed E-state index contributed by atoms with van der Waals surface area (Å²) in [4.78, 5) is 0. The van der Waals surface area contributed by atoms with Crippen LogP contribution in [0.4, 0.5) is 0 Å². The van der Waals surface area contributed by atoms with E-state index in [1.165, 1.54) is 40.7 Å². The van der Waals surface area contributed by atoms with Gasteiger partial charge in [0, 0.05) is 6.04 Å². The molecule has 72 valence electrons. The average molecular weight is 307 g/mol. The van der Waals surface area contributed by atoms with Crippen molar-refractivity contribution in [2.45, 2.75) is 31.7 Å². The number of halogens is 1. The molecule has 1 fully saturated rings. The van der Waals surface area contributed by atoms with Gasteiger partial charge in [0.15, 0.2) is 0 Å². The molecule has 1 aromatic rings. The average Bonchev–Trinajstić information content (AvgIpc) is 2.43. The molecule has 1 nitrogen and oxygen atoms in total. The van der Waals surface area contributed by atoms with E-state index in [0.29, 0.717) is 6.04 Å². The normalized spacial score (nSPS) is 24.2. The molecule has 0 radical (unpaired) electrons. The zero-order valence-corrected chi connectivity index (χ0v) is 10.5. The molecule has 2 heterocycles. The lowest BCUT2D eigenvalue weighted by Gasteiger charge is -2.13. The molecular formula is C10H14INS. The first-order valence-corrected chi connectivity index (χ1v) is 6.79.